The largest absolute Gasteiger partial charge is 0.379 e. The average Bonchev–Trinajstić information content (AvgIpc) is 3.07. The maximum atomic E-state index is 5.45. The maximum Gasteiger partial charge on any atom is 0.167 e. The summed E-state index contributed by atoms with van der Waals surface area (Å²) in [7, 11) is 0. The second-order valence-corrected chi connectivity index (χ2v) is 7.46. The van der Waals surface area contributed by atoms with Crippen LogP contribution >= 0.6 is 0 Å². The van der Waals surface area contributed by atoms with Crippen LogP contribution in [0.1, 0.15) is 44.4 Å². The van der Waals surface area contributed by atoms with Crippen LogP contribution in [0.5, 0.6) is 0 Å². The Balaban J connectivity index is 1.60. The summed E-state index contributed by atoms with van der Waals surface area (Å²) in [6, 6.07) is 0.383. The first kappa shape index (κ1) is 15.9. The van der Waals surface area contributed by atoms with Crippen molar-refractivity contribution in [3.8, 4) is 0 Å². The molecule has 0 radical (unpaired) electrons. The normalized spacial score (nSPS) is 25.0. The Hall–Kier alpha value is -0.980. The summed E-state index contributed by atoms with van der Waals surface area (Å²) >= 11 is 0. The van der Waals surface area contributed by atoms with Gasteiger partial charge in [-0.15, -0.1) is 0 Å². The van der Waals surface area contributed by atoms with Gasteiger partial charge in [-0.25, -0.2) is 4.98 Å². The van der Waals surface area contributed by atoms with Crippen molar-refractivity contribution in [1.29, 1.82) is 0 Å². The molecule has 1 atom stereocenters. The van der Waals surface area contributed by atoms with Gasteiger partial charge in [0, 0.05) is 26.2 Å². The third-order valence-electron chi connectivity index (χ3n) is 4.66. The first-order valence-corrected chi connectivity index (χ1v) is 8.47. The molecular formula is C16H29N5O. The number of H-pyrrole nitrogens is 1. The molecule has 22 heavy (non-hydrogen) atoms. The summed E-state index contributed by atoms with van der Waals surface area (Å²) in [6.45, 7) is 14.0. The van der Waals surface area contributed by atoms with E-state index in [0.717, 1.165) is 57.6 Å². The van der Waals surface area contributed by atoms with Crippen LogP contribution < -0.4 is 0 Å². The Labute approximate surface area is 133 Å². The second-order valence-electron chi connectivity index (χ2n) is 7.46. The van der Waals surface area contributed by atoms with Crippen LogP contribution in [0.4, 0.5) is 0 Å². The van der Waals surface area contributed by atoms with Crippen LogP contribution in [-0.2, 0) is 4.74 Å². The minimum absolute atomic E-state index is 0.269. The minimum atomic E-state index is 0.269. The number of aromatic nitrogens is 3. The zero-order valence-electron chi connectivity index (χ0n) is 14.1. The topological polar surface area (TPSA) is 57.3 Å². The third kappa shape index (κ3) is 3.86. The van der Waals surface area contributed by atoms with E-state index >= 15 is 0 Å². The van der Waals surface area contributed by atoms with E-state index in [1.165, 1.54) is 12.8 Å². The molecule has 1 N–H and O–H groups in total. The molecule has 0 unspecified atom stereocenters. The van der Waals surface area contributed by atoms with Gasteiger partial charge in [-0.1, -0.05) is 13.8 Å². The molecule has 3 rings (SSSR count). The van der Waals surface area contributed by atoms with Gasteiger partial charge in [-0.2, -0.15) is 5.10 Å². The molecule has 2 aliphatic rings. The van der Waals surface area contributed by atoms with Gasteiger partial charge in [0.1, 0.15) is 5.82 Å². The highest BCUT2D eigenvalue weighted by Crippen LogP contribution is 2.33. The lowest BCUT2D eigenvalue weighted by Crippen LogP contribution is -2.46. The SMILES string of the molecule is Cc1nc([C@H]2CCCN2CC(C)(C)CN2CCOCC2)n[nH]1. The molecule has 0 bridgehead atoms. The first-order valence-electron chi connectivity index (χ1n) is 8.47. The summed E-state index contributed by atoms with van der Waals surface area (Å²) in [4.78, 5) is 9.66. The molecule has 6 nitrogen and oxygen atoms in total. The summed E-state index contributed by atoms with van der Waals surface area (Å²) < 4.78 is 5.45. The number of aryl methyl sites for hydroxylation is 1. The predicted octanol–water partition coefficient (Wildman–Crippen LogP) is 1.61. The van der Waals surface area contributed by atoms with Crippen LogP contribution in [0, 0.1) is 12.3 Å². The Kier molecular flexibility index (Phi) is 4.80. The highest BCUT2D eigenvalue weighted by molar-refractivity contribution is 5.00. The molecule has 2 aliphatic heterocycles. The van der Waals surface area contributed by atoms with Crippen molar-refractivity contribution in [3.63, 3.8) is 0 Å². The van der Waals surface area contributed by atoms with Gasteiger partial charge >= 0.3 is 0 Å². The van der Waals surface area contributed by atoms with Crippen molar-refractivity contribution < 1.29 is 4.74 Å². The molecule has 0 aliphatic carbocycles. The number of nitrogens with zero attached hydrogens (tertiary/aromatic N) is 4. The van der Waals surface area contributed by atoms with Gasteiger partial charge in [0.25, 0.3) is 0 Å². The highest BCUT2D eigenvalue weighted by Gasteiger charge is 2.34. The Morgan fingerprint density at radius 3 is 2.68 bits per heavy atom. The van der Waals surface area contributed by atoms with Crippen molar-refractivity contribution in [2.45, 2.75) is 39.7 Å². The Morgan fingerprint density at radius 2 is 2.00 bits per heavy atom. The Bertz CT molecular complexity index is 481. The zero-order chi connectivity index (χ0) is 15.6. The molecule has 0 aromatic carbocycles. The summed E-state index contributed by atoms with van der Waals surface area (Å²) in [5, 5.41) is 7.37. The monoisotopic (exact) mass is 307 g/mol. The Morgan fingerprint density at radius 1 is 1.23 bits per heavy atom. The molecular weight excluding hydrogens is 278 g/mol. The van der Waals surface area contributed by atoms with Gasteiger partial charge in [-0.3, -0.25) is 14.9 Å². The zero-order valence-corrected chi connectivity index (χ0v) is 14.1. The number of nitrogens with one attached hydrogen (secondary N) is 1. The number of rotatable bonds is 5. The number of aromatic amines is 1. The van der Waals surface area contributed by atoms with Crippen LogP contribution in [0.15, 0.2) is 0 Å². The van der Waals surface area contributed by atoms with E-state index in [1.807, 2.05) is 6.92 Å². The molecule has 1 aromatic rings. The van der Waals surface area contributed by atoms with Gasteiger partial charge in [0.05, 0.1) is 19.3 Å². The van der Waals surface area contributed by atoms with Gasteiger partial charge in [0.2, 0.25) is 0 Å². The minimum Gasteiger partial charge on any atom is -0.379 e. The lowest BCUT2D eigenvalue weighted by Gasteiger charge is -2.38. The van der Waals surface area contributed by atoms with Crippen molar-refractivity contribution in [2.24, 2.45) is 5.41 Å². The van der Waals surface area contributed by atoms with Crippen LogP contribution in [-0.4, -0.2) is 70.9 Å². The van der Waals surface area contributed by atoms with Crippen molar-refractivity contribution in [3.05, 3.63) is 11.6 Å². The van der Waals surface area contributed by atoms with Crippen molar-refractivity contribution in [2.75, 3.05) is 45.9 Å². The van der Waals surface area contributed by atoms with Gasteiger partial charge in [0.15, 0.2) is 5.82 Å². The van der Waals surface area contributed by atoms with Crippen LogP contribution in [0.25, 0.3) is 0 Å². The first-order chi connectivity index (χ1) is 10.5. The summed E-state index contributed by atoms with van der Waals surface area (Å²) in [6.07, 6.45) is 2.41. The van der Waals surface area contributed by atoms with E-state index in [4.69, 9.17) is 4.74 Å². The third-order valence-corrected chi connectivity index (χ3v) is 4.66. The van der Waals surface area contributed by atoms with Crippen LogP contribution in [0.2, 0.25) is 0 Å². The molecule has 124 valence electrons. The molecule has 1 aromatic heterocycles. The second kappa shape index (κ2) is 6.64. The smallest absolute Gasteiger partial charge is 0.167 e. The molecule has 6 heteroatoms. The van der Waals surface area contributed by atoms with Crippen LogP contribution in [0.3, 0.4) is 0 Å². The fourth-order valence-electron chi connectivity index (χ4n) is 3.78. The molecule has 2 saturated heterocycles. The quantitative estimate of drug-likeness (QED) is 0.895. The lowest BCUT2D eigenvalue weighted by atomic mass is 9.91. The standard InChI is InChI=1S/C16H29N5O/c1-13-17-15(19-18-13)14-5-4-6-21(14)12-16(2,3)11-20-7-9-22-10-8-20/h14H,4-12H2,1-3H3,(H,17,18,19)/t14-/m1/s1. The summed E-state index contributed by atoms with van der Waals surface area (Å²) in [5.41, 5.74) is 0.269. The maximum absolute atomic E-state index is 5.45. The number of hydrogen-bond acceptors (Lipinski definition) is 5. The fraction of sp³-hybridized carbons (Fsp3) is 0.875. The number of ether oxygens (including phenoxy) is 1. The van der Waals surface area contributed by atoms with E-state index < -0.39 is 0 Å². The number of likely N-dealkylation sites (tertiary alicyclic amines) is 1. The molecule has 3 heterocycles. The van der Waals surface area contributed by atoms with E-state index in [1.54, 1.807) is 0 Å². The number of hydrogen-bond donors (Lipinski definition) is 1. The summed E-state index contributed by atoms with van der Waals surface area (Å²) in [5.74, 6) is 1.88. The van der Waals surface area contributed by atoms with Gasteiger partial charge < -0.3 is 4.74 Å². The molecule has 2 fully saturated rings. The van der Waals surface area contributed by atoms with Gasteiger partial charge in [-0.05, 0) is 31.7 Å². The van der Waals surface area contributed by atoms with E-state index in [-0.39, 0.29) is 5.41 Å². The van der Waals surface area contributed by atoms with Crippen molar-refractivity contribution in [1.82, 2.24) is 25.0 Å². The van der Waals surface area contributed by atoms with E-state index in [0.29, 0.717) is 6.04 Å². The molecule has 0 spiro atoms. The predicted molar refractivity (Wildman–Crippen MR) is 85.7 cm³/mol. The average molecular weight is 307 g/mol. The fourth-order valence-corrected chi connectivity index (χ4v) is 3.78. The molecule has 0 amide bonds. The highest BCUT2D eigenvalue weighted by atomic mass is 16.5. The van der Waals surface area contributed by atoms with E-state index in [9.17, 15) is 0 Å². The van der Waals surface area contributed by atoms with E-state index in [2.05, 4.69) is 38.8 Å². The number of morpholine rings is 1. The molecule has 0 saturated carbocycles. The van der Waals surface area contributed by atoms with Crippen molar-refractivity contribution >= 4 is 0 Å². The lowest BCUT2D eigenvalue weighted by molar-refractivity contribution is 0.0139.